The predicted octanol–water partition coefficient (Wildman–Crippen LogP) is 12.9. The first kappa shape index (κ1) is 30.9. The third-order valence-corrected chi connectivity index (χ3v) is 11.8. The van der Waals surface area contributed by atoms with E-state index in [0.29, 0.717) is 23.4 Å². The summed E-state index contributed by atoms with van der Waals surface area (Å²) in [6.45, 7) is 6.91. The molecule has 9 aromatic rings. The van der Waals surface area contributed by atoms with Crippen LogP contribution in [0.15, 0.2) is 156 Å². The van der Waals surface area contributed by atoms with Crippen LogP contribution in [0.25, 0.3) is 89.5 Å². The van der Waals surface area contributed by atoms with Crippen LogP contribution in [0.2, 0.25) is 0 Å². The van der Waals surface area contributed by atoms with Crippen molar-refractivity contribution in [3.05, 3.63) is 174 Å². The lowest BCUT2D eigenvalue weighted by molar-refractivity contribution is 0.620. The number of rotatable bonds is 4. The van der Waals surface area contributed by atoms with Gasteiger partial charge in [0.25, 0.3) is 0 Å². The highest BCUT2D eigenvalue weighted by atomic mass is 16.3. The molecule has 0 fully saturated rings. The summed E-state index contributed by atoms with van der Waals surface area (Å²) in [5, 5.41) is 2.33. The first-order chi connectivity index (χ1) is 26.4. The molecule has 4 nitrogen and oxygen atoms in total. The number of benzene rings is 7. The fourth-order valence-electron chi connectivity index (χ4n) is 9.13. The molecule has 4 heteroatoms. The van der Waals surface area contributed by atoms with Gasteiger partial charge in [-0.25, -0.2) is 15.0 Å². The lowest BCUT2D eigenvalue weighted by Gasteiger charge is -2.21. The van der Waals surface area contributed by atoms with Crippen molar-refractivity contribution >= 4 is 21.9 Å². The maximum Gasteiger partial charge on any atom is 0.164 e. The van der Waals surface area contributed by atoms with Gasteiger partial charge in [-0.3, -0.25) is 0 Å². The third kappa shape index (κ3) is 4.46. The van der Waals surface area contributed by atoms with E-state index in [1.807, 2.05) is 24.3 Å². The predicted molar refractivity (Wildman–Crippen MR) is 219 cm³/mol. The summed E-state index contributed by atoms with van der Waals surface area (Å²) >= 11 is 0. The highest BCUT2D eigenvalue weighted by Crippen LogP contribution is 2.53. The van der Waals surface area contributed by atoms with Crippen molar-refractivity contribution in [2.24, 2.45) is 0 Å². The zero-order chi connectivity index (χ0) is 36.1. The largest absolute Gasteiger partial charge is 0.456 e. The van der Waals surface area contributed by atoms with E-state index in [2.05, 4.69) is 148 Å². The second-order valence-corrected chi connectivity index (χ2v) is 15.2. The zero-order valence-corrected chi connectivity index (χ0v) is 30.3. The second-order valence-electron chi connectivity index (χ2n) is 15.2. The van der Waals surface area contributed by atoms with Crippen molar-refractivity contribution in [2.45, 2.75) is 32.1 Å². The summed E-state index contributed by atoms with van der Waals surface area (Å²) in [4.78, 5) is 15.5. The fraction of sp³-hybridized carbons (Fsp3) is 0.100. The van der Waals surface area contributed by atoms with E-state index in [1.165, 1.54) is 49.9 Å². The number of fused-ring (bicyclic) bond motifs is 10. The summed E-state index contributed by atoms with van der Waals surface area (Å²) in [6, 6.07) is 53.8. The van der Waals surface area contributed by atoms with Crippen LogP contribution in [-0.2, 0) is 5.41 Å². The van der Waals surface area contributed by atoms with Gasteiger partial charge in [-0.15, -0.1) is 0 Å². The van der Waals surface area contributed by atoms with Gasteiger partial charge in [0, 0.05) is 44.4 Å². The molecule has 0 spiro atoms. The van der Waals surface area contributed by atoms with Gasteiger partial charge in [0.2, 0.25) is 0 Å². The molecule has 54 heavy (non-hydrogen) atoms. The Kier molecular flexibility index (Phi) is 6.54. The molecule has 2 aliphatic carbocycles. The maximum absolute atomic E-state index is 6.55. The molecule has 0 radical (unpaired) electrons. The Labute approximate surface area is 313 Å². The average molecular weight is 694 g/mol. The molecular formula is C50H35N3O. The van der Waals surface area contributed by atoms with Gasteiger partial charge < -0.3 is 4.42 Å². The lowest BCUT2D eigenvalue weighted by atomic mass is 9.81. The molecule has 0 saturated carbocycles. The molecule has 0 saturated heterocycles. The molecule has 2 aromatic heterocycles. The molecule has 0 bridgehead atoms. The monoisotopic (exact) mass is 693 g/mol. The van der Waals surface area contributed by atoms with Gasteiger partial charge in [-0.05, 0) is 74.3 Å². The smallest absolute Gasteiger partial charge is 0.164 e. The molecular weight excluding hydrogens is 659 g/mol. The van der Waals surface area contributed by atoms with Crippen molar-refractivity contribution in [1.29, 1.82) is 0 Å². The second kappa shape index (κ2) is 11.4. The summed E-state index contributed by atoms with van der Waals surface area (Å²) in [5.41, 5.74) is 17.1. The van der Waals surface area contributed by atoms with Crippen molar-refractivity contribution in [2.75, 3.05) is 0 Å². The molecule has 0 N–H and O–H groups in total. The Morgan fingerprint density at radius 2 is 1.15 bits per heavy atom. The van der Waals surface area contributed by atoms with Crippen LogP contribution in [-0.4, -0.2) is 15.0 Å². The maximum atomic E-state index is 6.55. The highest BCUT2D eigenvalue weighted by Gasteiger charge is 2.38. The van der Waals surface area contributed by atoms with Crippen molar-refractivity contribution in [3.8, 4) is 67.5 Å². The van der Waals surface area contributed by atoms with Gasteiger partial charge in [-0.2, -0.15) is 0 Å². The minimum Gasteiger partial charge on any atom is -0.456 e. The molecule has 0 aliphatic heterocycles. The summed E-state index contributed by atoms with van der Waals surface area (Å²) in [7, 11) is 0. The summed E-state index contributed by atoms with van der Waals surface area (Å²) in [6.07, 6.45) is 0. The van der Waals surface area contributed by atoms with Gasteiger partial charge in [0.15, 0.2) is 17.5 Å². The van der Waals surface area contributed by atoms with Crippen LogP contribution in [0.5, 0.6) is 0 Å². The Morgan fingerprint density at radius 3 is 2.04 bits per heavy atom. The molecule has 1 unspecified atom stereocenters. The van der Waals surface area contributed by atoms with E-state index in [-0.39, 0.29) is 5.41 Å². The molecule has 2 aliphatic rings. The van der Waals surface area contributed by atoms with Crippen LogP contribution in [0.4, 0.5) is 0 Å². The first-order valence-corrected chi connectivity index (χ1v) is 18.7. The first-order valence-electron chi connectivity index (χ1n) is 18.7. The standard InChI is InChI=1S/C50H35N3O/c1-29-34-17-7-8-19-37(34)44-35(29)20-12-21-40(44)49-52-47(30-13-5-4-6-14-30)51-48(53-49)33-16-11-15-31(27-33)32-23-26-42-41(28-32)38-24-25-39-36-18-9-10-22-43(36)54-46(39)45(38)50(42,2)3/h4-29H,1-3H3. The van der Waals surface area contributed by atoms with E-state index in [9.17, 15) is 0 Å². The van der Waals surface area contributed by atoms with E-state index < -0.39 is 0 Å². The number of furan rings is 1. The van der Waals surface area contributed by atoms with Gasteiger partial charge in [0.05, 0.1) is 0 Å². The topological polar surface area (TPSA) is 51.8 Å². The SMILES string of the molecule is CC1c2ccccc2-c2c(-c3nc(-c4ccccc4)nc(-c4cccc(-c5ccc6c(c5)-c5ccc7c(oc8ccccc87)c5C6(C)C)c4)n3)cccc21. The number of aromatic nitrogens is 3. The fourth-order valence-corrected chi connectivity index (χ4v) is 9.13. The molecule has 1 atom stereocenters. The lowest BCUT2D eigenvalue weighted by Crippen LogP contribution is -2.15. The molecule has 11 rings (SSSR count). The Hall–Kier alpha value is -6.65. The van der Waals surface area contributed by atoms with Crippen LogP contribution < -0.4 is 0 Å². The van der Waals surface area contributed by atoms with Crippen LogP contribution in [0.1, 0.15) is 48.9 Å². The Morgan fingerprint density at radius 1 is 0.481 bits per heavy atom. The molecule has 7 aromatic carbocycles. The van der Waals surface area contributed by atoms with Crippen molar-refractivity contribution < 1.29 is 4.42 Å². The minimum atomic E-state index is -0.205. The summed E-state index contributed by atoms with van der Waals surface area (Å²) in [5.74, 6) is 2.29. The zero-order valence-electron chi connectivity index (χ0n) is 30.3. The summed E-state index contributed by atoms with van der Waals surface area (Å²) < 4.78 is 6.55. The van der Waals surface area contributed by atoms with E-state index in [1.54, 1.807) is 0 Å². The van der Waals surface area contributed by atoms with Gasteiger partial charge in [-0.1, -0.05) is 148 Å². The Balaban J connectivity index is 1.05. The third-order valence-electron chi connectivity index (χ3n) is 11.8. The number of hydrogen-bond donors (Lipinski definition) is 0. The van der Waals surface area contributed by atoms with Crippen molar-refractivity contribution in [1.82, 2.24) is 15.0 Å². The quantitative estimate of drug-likeness (QED) is 0.184. The number of nitrogens with zero attached hydrogens (tertiary/aromatic N) is 3. The Bertz CT molecular complexity index is 2990. The van der Waals surface area contributed by atoms with Crippen LogP contribution in [0.3, 0.4) is 0 Å². The van der Waals surface area contributed by atoms with Crippen LogP contribution in [0, 0.1) is 0 Å². The van der Waals surface area contributed by atoms with E-state index in [0.717, 1.165) is 44.4 Å². The molecule has 2 heterocycles. The van der Waals surface area contributed by atoms with Gasteiger partial charge >= 0.3 is 0 Å². The highest BCUT2D eigenvalue weighted by molar-refractivity contribution is 6.09. The number of para-hydroxylation sites is 1. The normalized spacial score (nSPS) is 14.9. The minimum absolute atomic E-state index is 0.205. The molecule has 0 amide bonds. The van der Waals surface area contributed by atoms with Gasteiger partial charge in [0.1, 0.15) is 11.2 Å². The molecule has 256 valence electrons. The number of hydrogen-bond acceptors (Lipinski definition) is 4. The van der Waals surface area contributed by atoms with E-state index >= 15 is 0 Å². The van der Waals surface area contributed by atoms with Crippen LogP contribution >= 0.6 is 0 Å². The average Bonchev–Trinajstić information content (AvgIpc) is 3.83. The van der Waals surface area contributed by atoms with E-state index in [4.69, 9.17) is 19.4 Å². The van der Waals surface area contributed by atoms with Crippen molar-refractivity contribution in [3.63, 3.8) is 0 Å².